The number of rotatable bonds is 4. The molecule has 1 aromatic rings. The van der Waals surface area contributed by atoms with E-state index in [4.69, 9.17) is 0 Å². The van der Waals surface area contributed by atoms with Gasteiger partial charge in [-0.05, 0) is 50.8 Å². The smallest absolute Gasteiger partial charge is 0.239 e. The predicted molar refractivity (Wildman–Crippen MR) is 98.4 cm³/mol. The van der Waals surface area contributed by atoms with E-state index in [1.807, 2.05) is 11.8 Å². The zero-order valence-corrected chi connectivity index (χ0v) is 15.3. The van der Waals surface area contributed by atoms with E-state index in [0.29, 0.717) is 24.6 Å². The van der Waals surface area contributed by atoms with Gasteiger partial charge in [0.25, 0.3) is 0 Å². The lowest BCUT2D eigenvalue weighted by Crippen LogP contribution is -2.52. The van der Waals surface area contributed by atoms with E-state index in [2.05, 4.69) is 35.2 Å². The third-order valence-corrected chi connectivity index (χ3v) is 6.69. The zero-order valence-electron chi connectivity index (χ0n) is 14.5. The monoisotopic (exact) mass is 348 g/mol. The third-order valence-electron chi connectivity index (χ3n) is 5.41. The summed E-state index contributed by atoms with van der Waals surface area (Å²) < 4.78 is 11.5. The number of carbonyl (C=O) groups excluding carboxylic acids is 1. The first-order chi connectivity index (χ1) is 11.6. The highest BCUT2D eigenvalue weighted by Gasteiger charge is 2.30. The average molecular weight is 349 g/mol. The molecule has 2 fully saturated rings. The molecular weight excluding hydrogens is 320 g/mol. The molecule has 4 nitrogen and oxygen atoms in total. The molecule has 0 bridgehead atoms. The molecule has 1 atom stereocenters. The number of carbonyl (C=O) groups is 1. The summed E-state index contributed by atoms with van der Waals surface area (Å²) in [5, 5.41) is 0. The van der Waals surface area contributed by atoms with Crippen LogP contribution < -0.4 is 0 Å². The molecular formula is C19H28N2O2S. The molecule has 0 N–H and O–H groups in total. The van der Waals surface area contributed by atoms with Crippen molar-refractivity contribution in [2.24, 2.45) is 5.92 Å². The fraction of sp³-hybridized carbons (Fsp3) is 0.632. The summed E-state index contributed by atoms with van der Waals surface area (Å²) >= 11 is 0. The summed E-state index contributed by atoms with van der Waals surface area (Å²) in [6, 6.07) is 10.6. The topological polar surface area (TPSA) is 40.6 Å². The van der Waals surface area contributed by atoms with Crippen LogP contribution in [-0.2, 0) is 22.0 Å². The molecule has 3 rings (SSSR count). The molecule has 2 aliphatic heterocycles. The lowest BCUT2D eigenvalue weighted by Gasteiger charge is -2.38. The van der Waals surface area contributed by atoms with Gasteiger partial charge in [-0.2, -0.15) is 0 Å². The number of hydrogen-bond acceptors (Lipinski definition) is 3. The van der Waals surface area contributed by atoms with Crippen LogP contribution in [0.5, 0.6) is 0 Å². The Labute approximate surface area is 147 Å². The molecule has 2 heterocycles. The van der Waals surface area contributed by atoms with Crippen LogP contribution in [0.4, 0.5) is 0 Å². The lowest BCUT2D eigenvalue weighted by atomic mass is 9.89. The Morgan fingerprint density at radius 2 is 1.75 bits per heavy atom. The highest BCUT2D eigenvalue weighted by atomic mass is 32.2. The molecule has 132 valence electrons. The average Bonchev–Trinajstić information content (AvgIpc) is 2.63. The normalized spacial score (nSPS) is 22.5. The molecule has 1 aromatic carbocycles. The lowest BCUT2D eigenvalue weighted by molar-refractivity contribution is -0.136. The van der Waals surface area contributed by atoms with Crippen molar-refractivity contribution in [3.05, 3.63) is 35.9 Å². The Hall–Kier alpha value is -1.20. The van der Waals surface area contributed by atoms with Gasteiger partial charge in [0.1, 0.15) is 0 Å². The molecule has 0 saturated carbocycles. The Morgan fingerprint density at radius 1 is 1.12 bits per heavy atom. The van der Waals surface area contributed by atoms with Gasteiger partial charge in [-0.15, -0.1) is 0 Å². The van der Waals surface area contributed by atoms with Crippen LogP contribution in [-0.4, -0.2) is 63.6 Å². The first-order valence-corrected chi connectivity index (χ1v) is 10.5. The Kier molecular flexibility index (Phi) is 6.06. The van der Waals surface area contributed by atoms with Crippen LogP contribution in [0.25, 0.3) is 0 Å². The second-order valence-electron chi connectivity index (χ2n) is 7.02. The number of benzene rings is 1. The van der Waals surface area contributed by atoms with Crippen molar-refractivity contribution in [2.75, 3.05) is 37.7 Å². The first-order valence-electron chi connectivity index (χ1n) is 9.05. The van der Waals surface area contributed by atoms with Crippen LogP contribution in [0.15, 0.2) is 30.3 Å². The molecule has 5 heteroatoms. The largest absolute Gasteiger partial charge is 0.340 e. The van der Waals surface area contributed by atoms with Crippen LogP contribution >= 0.6 is 0 Å². The van der Waals surface area contributed by atoms with Gasteiger partial charge in [0.05, 0.1) is 6.04 Å². The predicted octanol–water partition coefficient (Wildman–Crippen LogP) is 1.92. The molecule has 0 aliphatic carbocycles. The minimum atomic E-state index is -0.727. The molecule has 0 aromatic heterocycles. The molecule has 0 spiro atoms. The number of likely N-dealkylation sites (tertiary alicyclic amines) is 1. The van der Waals surface area contributed by atoms with E-state index in [1.165, 1.54) is 5.56 Å². The van der Waals surface area contributed by atoms with Gasteiger partial charge in [-0.3, -0.25) is 13.9 Å². The maximum absolute atomic E-state index is 12.7. The summed E-state index contributed by atoms with van der Waals surface area (Å²) in [6.07, 6.45) is 3.47. The van der Waals surface area contributed by atoms with E-state index in [-0.39, 0.29) is 11.9 Å². The van der Waals surface area contributed by atoms with E-state index >= 15 is 0 Å². The van der Waals surface area contributed by atoms with Gasteiger partial charge in [-0.25, -0.2) is 0 Å². The number of hydrogen-bond donors (Lipinski definition) is 0. The van der Waals surface area contributed by atoms with Gasteiger partial charge in [0, 0.05) is 35.4 Å². The van der Waals surface area contributed by atoms with Gasteiger partial charge < -0.3 is 4.90 Å². The minimum Gasteiger partial charge on any atom is -0.340 e. The summed E-state index contributed by atoms with van der Waals surface area (Å²) in [5.41, 5.74) is 1.42. The van der Waals surface area contributed by atoms with E-state index in [0.717, 1.165) is 38.3 Å². The summed E-state index contributed by atoms with van der Waals surface area (Å²) in [4.78, 5) is 16.9. The van der Waals surface area contributed by atoms with Crippen molar-refractivity contribution in [1.29, 1.82) is 0 Å². The highest BCUT2D eigenvalue weighted by Crippen LogP contribution is 2.23. The Balaban J connectivity index is 1.47. The first kappa shape index (κ1) is 17.6. The number of nitrogens with zero attached hydrogens (tertiary/aromatic N) is 2. The van der Waals surface area contributed by atoms with Crippen LogP contribution in [0.2, 0.25) is 0 Å². The molecule has 1 amide bonds. The second kappa shape index (κ2) is 8.26. The van der Waals surface area contributed by atoms with E-state index in [1.54, 1.807) is 0 Å². The molecule has 24 heavy (non-hydrogen) atoms. The van der Waals surface area contributed by atoms with Gasteiger partial charge in [0.15, 0.2) is 0 Å². The summed E-state index contributed by atoms with van der Waals surface area (Å²) in [6.45, 7) is 5.35. The fourth-order valence-electron chi connectivity index (χ4n) is 3.77. The van der Waals surface area contributed by atoms with Gasteiger partial charge >= 0.3 is 0 Å². The minimum absolute atomic E-state index is 0.0470. The van der Waals surface area contributed by atoms with E-state index in [9.17, 15) is 9.00 Å². The molecule has 1 unspecified atom stereocenters. The Bertz CT molecular complexity index is 560. The summed E-state index contributed by atoms with van der Waals surface area (Å²) in [7, 11) is -0.727. The summed E-state index contributed by atoms with van der Waals surface area (Å²) in [5.74, 6) is 2.21. The van der Waals surface area contributed by atoms with Crippen molar-refractivity contribution in [1.82, 2.24) is 9.80 Å². The van der Waals surface area contributed by atoms with Crippen molar-refractivity contribution >= 4 is 16.7 Å². The number of amides is 1. The quantitative estimate of drug-likeness (QED) is 0.835. The van der Waals surface area contributed by atoms with Crippen molar-refractivity contribution < 1.29 is 9.00 Å². The maximum atomic E-state index is 12.7. The van der Waals surface area contributed by atoms with Crippen LogP contribution in [0.1, 0.15) is 25.3 Å². The zero-order chi connectivity index (χ0) is 16.9. The fourth-order valence-corrected chi connectivity index (χ4v) is 4.82. The van der Waals surface area contributed by atoms with Crippen LogP contribution in [0.3, 0.4) is 0 Å². The van der Waals surface area contributed by atoms with E-state index < -0.39 is 10.8 Å². The molecule has 2 saturated heterocycles. The van der Waals surface area contributed by atoms with Crippen LogP contribution in [0, 0.1) is 5.92 Å². The van der Waals surface area contributed by atoms with Crippen molar-refractivity contribution in [3.63, 3.8) is 0 Å². The van der Waals surface area contributed by atoms with Gasteiger partial charge in [0.2, 0.25) is 5.91 Å². The standard InChI is InChI=1S/C19H28N2O2S/c1-16(19(22)21-11-13-24(23)14-12-21)20-9-7-18(8-10-20)15-17-5-3-2-4-6-17/h2-6,16,18H,7-15H2,1H3. The second-order valence-corrected chi connectivity index (χ2v) is 8.71. The highest BCUT2D eigenvalue weighted by molar-refractivity contribution is 7.85. The van der Waals surface area contributed by atoms with Crippen molar-refractivity contribution in [2.45, 2.75) is 32.2 Å². The third kappa shape index (κ3) is 4.45. The maximum Gasteiger partial charge on any atom is 0.239 e. The van der Waals surface area contributed by atoms with Crippen molar-refractivity contribution in [3.8, 4) is 0 Å². The molecule has 2 aliphatic rings. The number of piperidine rings is 1. The van der Waals surface area contributed by atoms with Gasteiger partial charge in [-0.1, -0.05) is 30.3 Å². The SMILES string of the molecule is CC(C(=O)N1CCS(=O)CC1)N1CCC(Cc2ccccc2)CC1. The Morgan fingerprint density at radius 3 is 2.38 bits per heavy atom. The molecule has 0 radical (unpaired) electrons.